The molecule has 0 aliphatic rings. The SMILES string of the molecule is Cn1c(C(F)(F)F)cc(=O)n(-c2ccc3snc(-c4ccco4)c3c2)c1=O. The lowest BCUT2D eigenvalue weighted by atomic mass is 10.1. The quantitative estimate of drug-likeness (QED) is 0.523. The van der Waals surface area contributed by atoms with E-state index in [0.717, 1.165) is 11.7 Å². The van der Waals surface area contributed by atoms with E-state index in [0.29, 0.717) is 32.0 Å². The van der Waals surface area contributed by atoms with Crippen LogP contribution in [-0.4, -0.2) is 13.5 Å². The molecule has 0 fully saturated rings. The fourth-order valence-corrected chi connectivity index (χ4v) is 3.55. The highest BCUT2D eigenvalue weighted by molar-refractivity contribution is 7.13. The molecule has 0 aliphatic heterocycles. The van der Waals surface area contributed by atoms with E-state index in [1.54, 1.807) is 18.2 Å². The van der Waals surface area contributed by atoms with Crippen LogP contribution < -0.4 is 11.2 Å². The molecular formula is C17H10F3N3O3S. The summed E-state index contributed by atoms with van der Waals surface area (Å²) in [5.74, 6) is 0.506. The Bertz CT molecular complexity index is 1270. The highest BCUT2D eigenvalue weighted by Gasteiger charge is 2.35. The number of alkyl halides is 3. The van der Waals surface area contributed by atoms with Gasteiger partial charge in [0, 0.05) is 18.5 Å². The van der Waals surface area contributed by atoms with Crippen LogP contribution in [0.4, 0.5) is 13.2 Å². The van der Waals surface area contributed by atoms with Crippen molar-refractivity contribution >= 4 is 21.6 Å². The van der Waals surface area contributed by atoms with Crippen molar-refractivity contribution in [2.45, 2.75) is 6.18 Å². The van der Waals surface area contributed by atoms with Crippen LogP contribution in [0.2, 0.25) is 0 Å². The van der Waals surface area contributed by atoms with Crippen LogP contribution in [0.25, 0.3) is 27.2 Å². The molecule has 4 rings (SSSR count). The van der Waals surface area contributed by atoms with Gasteiger partial charge < -0.3 is 4.42 Å². The average molecular weight is 393 g/mol. The van der Waals surface area contributed by atoms with Crippen molar-refractivity contribution in [2.24, 2.45) is 7.05 Å². The monoisotopic (exact) mass is 393 g/mol. The van der Waals surface area contributed by atoms with Gasteiger partial charge in [-0.3, -0.25) is 9.36 Å². The minimum Gasteiger partial charge on any atom is -0.463 e. The summed E-state index contributed by atoms with van der Waals surface area (Å²) >= 11 is 1.20. The third kappa shape index (κ3) is 2.78. The Morgan fingerprint density at radius 1 is 1.15 bits per heavy atom. The molecule has 27 heavy (non-hydrogen) atoms. The van der Waals surface area contributed by atoms with Crippen molar-refractivity contribution in [3.05, 3.63) is 69.2 Å². The maximum atomic E-state index is 13.0. The van der Waals surface area contributed by atoms with Crippen LogP contribution in [0.3, 0.4) is 0 Å². The van der Waals surface area contributed by atoms with Gasteiger partial charge in [-0.1, -0.05) is 0 Å². The summed E-state index contributed by atoms with van der Waals surface area (Å²) in [7, 11) is 0.972. The number of hydrogen-bond donors (Lipinski definition) is 0. The van der Waals surface area contributed by atoms with Gasteiger partial charge in [-0.15, -0.1) is 0 Å². The summed E-state index contributed by atoms with van der Waals surface area (Å²) in [5, 5.41) is 0.626. The van der Waals surface area contributed by atoms with Crippen molar-refractivity contribution in [3.63, 3.8) is 0 Å². The predicted octanol–water partition coefficient (Wildman–Crippen LogP) is 3.42. The summed E-state index contributed by atoms with van der Waals surface area (Å²) in [4.78, 5) is 24.7. The first-order valence-electron chi connectivity index (χ1n) is 7.61. The van der Waals surface area contributed by atoms with E-state index in [1.807, 2.05) is 0 Å². The van der Waals surface area contributed by atoms with Gasteiger partial charge in [0.05, 0.1) is 16.7 Å². The largest absolute Gasteiger partial charge is 0.463 e. The number of benzene rings is 1. The Kier molecular flexibility index (Phi) is 3.81. The van der Waals surface area contributed by atoms with E-state index < -0.39 is 23.1 Å². The highest BCUT2D eigenvalue weighted by atomic mass is 32.1. The zero-order valence-corrected chi connectivity index (χ0v) is 14.5. The summed E-state index contributed by atoms with van der Waals surface area (Å²) in [6.45, 7) is 0. The molecule has 0 aliphatic carbocycles. The van der Waals surface area contributed by atoms with Crippen molar-refractivity contribution < 1.29 is 17.6 Å². The van der Waals surface area contributed by atoms with E-state index in [-0.39, 0.29) is 5.69 Å². The lowest BCUT2D eigenvalue weighted by Crippen LogP contribution is -2.40. The lowest BCUT2D eigenvalue weighted by molar-refractivity contribution is -0.144. The molecule has 0 atom stereocenters. The number of rotatable bonds is 2. The lowest BCUT2D eigenvalue weighted by Gasteiger charge is -2.14. The molecular weight excluding hydrogens is 383 g/mol. The van der Waals surface area contributed by atoms with E-state index >= 15 is 0 Å². The molecule has 4 aromatic rings. The topological polar surface area (TPSA) is 70.0 Å². The molecule has 0 spiro atoms. The van der Waals surface area contributed by atoms with Gasteiger partial charge in [0.1, 0.15) is 11.4 Å². The summed E-state index contributed by atoms with van der Waals surface area (Å²) < 4.78 is 50.5. The standard InChI is InChI=1S/C17H10F3N3O3S/c1-22-13(17(18,19)20)8-14(24)23(16(22)25)9-4-5-12-10(7-9)15(21-27-12)11-3-2-6-26-11/h2-8H,1H3. The van der Waals surface area contributed by atoms with Crippen LogP contribution in [0.15, 0.2) is 56.7 Å². The zero-order valence-electron chi connectivity index (χ0n) is 13.6. The maximum Gasteiger partial charge on any atom is 0.431 e. The van der Waals surface area contributed by atoms with Crippen molar-refractivity contribution in [1.29, 1.82) is 0 Å². The smallest absolute Gasteiger partial charge is 0.431 e. The first-order chi connectivity index (χ1) is 12.8. The van der Waals surface area contributed by atoms with Gasteiger partial charge >= 0.3 is 11.9 Å². The number of hydrogen-bond acceptors (Lipinski definition) is 5. The van der Waals surface area contributed by atoms with Crippen LogP contribution in [0.5, 0.6) is 0 Å². The molecule has 0 saturated heterocycles. The minimum atomic E-state index is -4.81. The van der Waals surface area contributed by atoms with Crippen LogP contribution in [0.1, 0.15) is 5.69 Å². The highest BCUT2D eigenvalue weighted by Crippen LogP contribution is 2.32. The molecule has 0 saturated carbocycles. The van der Waals surface area contributed by atoms with Crippen LogP contribution >= 0.6 is 11.5 Å². The number of aromatic nitrogens is 3. The Morgan fingerprint density at radius 2 is 1.93 bits per heavy atom. The van der Waals surface area contributed by atoms with E-state index in [2.05, 4.69) is 4.37 Å². The third-order valence-corrected chi connectivity index (χ3v) is 4.90. The van der Waals surface area contributed by atoms with E-state index in [4.69, 9.17) is 4.42 Å². The van der Waals surface area contributed by atoms with Gasteiger partial charge in [0.15, 0.2) is 5.76 Å². The molecule has 3 aromatic heterocycles. The summed E-state index contributed by atoms with van der Waals surface area (Å²) in [6.07, 6.45) is -3.32. The second-order valence-corrected chi connectivity index (χ2v) is 6.54. The Balaban J connectivity index is 1.96. The molecule has 6 nitrogen and oxygen atoms in total. The van der Waals surface area contributed by atoms with Crippen molar-refractivity contribution in [2.75, 3.05) is 0 Å². The van der Waals surface area contributed by atoms with Gasteiger partial charge in [-0.2, -0.15) is 17.5 Å². The number of fused-ring (bicyclic) bond motifs is 1. The van der Waals surface area contributed by atoms with Gasteiger partial charge in [0.2, 0.25) is 0 Å². The fraction of sp³-hybridized carbons (Fsp3) is 0.118. The minimum absolute atomic E-state index is 0.148. The molecule has 0 radical (unpaired) electrons. The second kappa shape index (κ2) is 5.95. The Hall–Kier alpha value is -3.14. The molecule has 138 valence electrons. The van der Waals surface area contributed by atoms with Gasteiger partial charge in [-0.05, 0) is 41.9 Å². The Morgan fingerprint density at radius 3 is 2.59 bits per heavy atom. The maximum absolute atomic E-state index is 13.0. The normalized spacial score (nSPS) is 12.0. The van der Waals surface area contributed by atoms with Crippen molar-refractivity contribution in [3.8, 4) is 17.1 Å². The zero-order chi connectivity index (χ0) is 19.3. The first kappa shape index (κ1) is 17.3. The molecule has 0 bridgehead atoms. The van der Waals surface area contributed by atoms with E-state index in [1.165, 1.54) is 29.9 Å². The number of halogens is 3. The predicted molar refractivity (Wildman–Crippen MR) is 93.2 cm³/mol. The van der Waals surface area contributed by atoms with Gasteiger partial charge in [-0.25, -0.2) is 9.36 Å². The van der Waals surface area contributed by atoms with E-state index in [9.17, 15) is 22.8 Å². The molecule has 0 amide bonds. The van der Waals surface area contributed by atoms with Crippen molar-refractivity contribution in [1.82, 2.24) is 13.5 Å². The Labute approximate surface area is 152 Å². The first-order valence-corrected chi connectivity index (χ1v) is 8.38. The average Bonchev–Trinajstić information content (AvgIpc) is 3.26. The number of nitrogens with zero attached hydrogens (tertiary/aromatic N) is 3. The molecule has 1 aromatic carbocycles. The summed E-state index contributed by atoms with van der Waals surface area (Å²) in [6, 6.07) is 8.49. The molecule has 0 unspecified atom stereocenters. The summed E-state index contributed by atoms with van der Waals surface area (Å²) in [5.41, 5.74) is -2.78. The van der Waals surface area contributed by atoms with Crippen LogP contribution in [-0.2, 0) is 13.2 Å². The molecule has 0 N–H and O–H groups in total. The fourth-order valence-electron chi connectivity index (χ4n) is 2.79. The molecule has 10 heteroatoms. The third-order valence-electron chi connectivity index (χ3n) is 4.08. The molecule has 3 heterocycles. The number of furan rings is 1. The van der Waals surface area contributed by atoms with Crippen LogP contribution in [0, 0.1) is 0 Å². The second-order valence-electron chi connectivity index (χ2n) is 5.73. The van der Waals surface area contributed by atoms with Gasteiger partial charge in [0.25, 0.3) is 5.56 Å².